The van der Waals surface area contributed by atoms with Crippen molar-refractivity contribution in [2.24, 2.45) is 0 Å². The first-order valence-corrected chi connectivity index (χ1v) is 10.1. The molecular formula is C16H16F5N5O2S. The number of carbonyl (C=O) groups is 1. The Kier molecular flexibility index (Phi) is 4.31. The third-order valence-corrected chi connectivity index (χ3v) is 5.20. The second-order valence-electron chi connectivity index (χ2n) is 6.22. The van der Waals surface area contributed by atoms with Gasteiger partial charge in [-0.05, 0) is 30.7 Å². The number of Topliss-reactive ketones (excluding diaryl/α,β-unsaturated/α-hetero) is 1. The molecule has 3 rings (SSSR count). The molecule has 158 valence electrons. The fourth-order valence-electron chi connectivity index (χ4n) is 2.57. The van der Waals surface area contributed by atoms with Gasteiger partial charge in [0.1, 0.15) is 17.2 Å². The number of aromatic nitrogens is 4. The standard InChI is InChI=1S/C16H16F5N5O2S/c1-3-11-4-5-15-24-25(16(22)26(15)23-11)9-14(27)10-6-12(28-2)8-13(7-10)29(17,18,19,20)21/h4-8,22H,3,9H2,1-2H3. The molecule has 2 aromatic heterocycles. The molecule has 1 N–H and O–H groups in total. The number of hydrogen-bond donors (Lipinski definition) is 1. The highest BCUT2D eigenvalue weighted by atomic mass is 32.5. The molecular weight excluding hydrogens is 421 g/mol. The Morgan fingerprint density at radius 3 is 2.41 bits per heavy atom. The Balaban J connectivity index is 2.03. The summed E-state index contributed by atoms with van der Waals surface area (Å²) in [5.74, 6) is -1.50. The van der Waals surface area contributed by atoms with Crippen LogP contribution in [0.2, 0.25) is 0 Å². The minimum absolute atomic E-state index is 0.0832. The van der Waals surface area contributed by atoms with Gasteiger partial charge in [0, 0.05) is 11.6 Å². The van der Waals surface area contributed by atoms with Crippen molar-refractivity contribution in [3.05, 3.63) is 47.2 Å². The second kappa shape index (κ2) is 6.02. The molecule has 3 aromatic rings. The first-order chi connectivity index (χ1) is 13.2. The molecule has 7 nitrogen and oxygen atoms in total. The lowest BCUT2D eigenvalue weighted by Crippen LogP contribution is -2.26. The number of nitrogens with one attached hydrogen (secondary N) is 1. The predicted octanol–water partition coefficient (Wildman–Crippen LogP) is 4.12. The lowest BCUT2D eigenvalue weighted by Gasteiger charge is -2.40. The molecule has 2 heterocycles. The molecule has 0 aliphatic carbocycles. The third kappa shape index (κ3) is 4.23. The van der Waals surface area contributed by atoms with Crippen molar-refractivity contribution < 1.29 is 29.0 Å². The van der Waals surface area contributed by atoms with Crippen LogP contribution in [-0.4, -0.2) is 32.3 Å². The van der Waals surface area contributed by atoms with Gasteiger partial charge in [-0.2, -0.15) is 9.61 Å². The zero-order valence-corrected chi connectivity index (χ0v) is 16.0. The van der Waals surface area contributed by atoms with E-state index in [0.717, 1.165) is 22.4 Å². The van der Waals surface area contributed by atoms with E-state index in [1.807, 2.05) is 6.92 Å². The fourth-order valence-corrected chi connectivity index (χ4v) is 3.25. The molecule has 0 aliphatic heterocycles. The van der Waals surface area contributed by atoms with E-state index in [4.69, 9.17) is 5.41 Å². The fraction of sp³-hybridized carbons (Fsp3) is 0.250. The Labute approximate surface area is 160 Å². The molecule has 0 fully saturated rings. The number of ketones is 1. The summed E-state index contributed by atoms with van der Waals surface area (Å²) < 4.78 is 72.6. The first-order valence-electron chi connectivity index (χ1n) is 8.18. The number of aryl methyl sites for hydroxylation is 1. The van der Waals surface area contributed by atoms with Crippen molar-refractivity contribution in [3.8, 4) is 5.75 Å². The third-order valence-electron chi connectivity index (χ3n) is 4.08. The van der Waals surface area contributed by atoms with Crippen molar-refractivity contribution in [1.29, 1.82) is 5.41 Å². The number of nitrogens with zero attached hydrogens (tertiary/aromatic N) is 4. The molecule has 0 aliphatic rings. The van der Waals surface area contributed by atoms with Crippen LogP contribution in [-0.2, 0) is 13.0 Å². The summed E-state index contributed by atoms with van der Waals surface area (Å²) in [7, 11) is -9.03. The van der Waals surface area contributed by atoms with E-state index in [-0.39, 0.29) is 23.4 Å². The number of halogens is 5. The number of rotatable bonds is 6. The second-order valence-corrected chi connectivity index (χ2v) is 8.63. The van der Waals surface area contributed by atoms with Gasteiger partial charge in [0.15, 0.2) is 11.4 Å². The number of carbonyl (C=O) groups excluding carboxylic acids is 1. The van der Waals surface area contributed by atoms with Gasteiger partial charge in [-0.25, -0.2) is 4.68 Å². The summed E-state index contributed by atoms with van der Waals surface area (Å²) >= 11 is 0. The normalized spacial score (nSPS) is 14.4. The van der Waals surface area contributed by atoms with Gasteiger partial charge < -0.3 is 4.74 Å². The van der Waals surface area contributed by atoms with Crippen LogP contribution < -0.4 is 10.4 Å². The topological polar surface area (TPSA) is 85.3 Å². The first kappa shape index (κ1) is 20.8. The van der Waals surface area contributed by atoms with Gasteiger partial charge in [0.25, 0.3) is 0 Å². The van der Waals surface area contributed by atoms with Crippen LogP contribution in [0.15, 0.2) is 35.2 Å². The maximum absolute atomic E-state index is 13.2. The molecule has 0 saturated carbocycles. The van der Waals surface area contributed by atoms with Crippen molar-refractivity contribution in [1.82, 2.24) is 19.4 Å². The van der Waals surface area contributed by atoms with Crippen LogP contribution in [0.5, 0.6) is 5.75 Å². The molecule has 0 unspecified atom stereocenters. The number of ether oxygens (including phenoxy) is 1. The lowest BCUT2D eigenvalue weighted by molar-refractivity contribution is 0.0965. The Hall–Kier alpha value is -2.96. The molecule has 1 aromatic carbocycles. The molecule has 0 atom stereocenters. The number of hydrogen-bond acceptors (Lipinski definition) is 5. The maximum Gasteiger partial charge on any atom is 0.310 e. The zero-order valence-electron chi connectivity index (χ0n) is 15.2. The van der Waals surface area contributed by atoms with Crippen LogP contribution in [0.3, 0.4) is 0 Å². The van der Waals surface area contributed by atoms with Crippen LogP contribution in [0.4, 0.5) is 19.4 Å². The van der Waals surface area contributed by atoms with E-state index in [1.165, 1.54) is 0 Å². The summed E-state index contributed by atoms with van der Waals surface area (Å²) in [6.45, 7) is 1.21. The SMILES string of the molecule is CCc1ccc2nn(CC(=O)c3cc(OC)cc(S(F)(F)(F)(F)F)c3)c(=N)n2n1. The van der Waals surface area contributed by atoms with E-state index in [0.29, 0.717) is 12.1 Å². The highest BCUT2D eigenvalue weighted by Gasteiger charge is 2.65. The van der Waals surface area contributed by atoms with Crippen molar-refractivity contribution in [3.63, 3.8) is 0 Å². The monoisotopic (exact) mass is 437 g/mol. The summed E-state index contributed by atoms with van der Waals surface area (Å²) in [5, 5.41) is 16.2. The summed E-state index contributed by atoms with van der Waals surface area (Å²) in [4.78, 5) is 10.3. The number of fused-ring (bicyclic) bond motifs is 1. The van der Waals surface area contributed by atoms with Crippen molar-refractivity contribution in [2.75, 3.05) is 7.11 Å². The predicted molar refractivity (Wildman–Crippen MR) is 94.9 cm³/mol. The van der Waals surface area contributed by atoms with E-state index in [1.54, 1.807) is 12.1 Å². The molecule has 0 bridgehead atoms. The number of benzene rings is 1. The highest BCUT2D eigenvalue weighted by Crippen LogP contribution is 3.02. The van der Waals surface area contributed by atoms with E-state index in [9.17, 15) is 24.2 Å². The average molecular weight is 437 g/mol. The van der Waals surface area contributed by atoms with Gasteiger partial charge in [-0.1, -0.05) is 26.4 Å². The lowest BCUT2D eigenvalue weighted by atomic mass is 10.1. The van der Waals surface area contributed by atoms with Gasteiger partial charge in [0.05, 0.1) is 12.8 Å². The minimum Gasteiger partial charge on any atom is -0.497 e. The van der Waals surface area contributed by atoms with Gasteiger partial charge >= 0.3 is 10.2 Å². The Morgan fingerprint density at radius 1 is 1.14 bits per heavy atom. The van der Waals surface area contributed by atoms with Crippen LogP contribution in [0.25, 0.3) is 5.65 Å². The zero-order chi connectivity index (χ0) is 21.7. The van der Waals surface area contributed by atoms with Crippen molar-refractivity contribution in [2.45, 2.75) is 24.8 Å². The van der Waals surface area contributed by atoms with E-state index in [2.05, 4.69) is 14.9 Å². The van der Waals surface area contributed by atoms with Crippen LogP contribution in [0, 0.1) is 5.41 Å². The summed E-state index contributed by atoms with van der Waals surface area (Å²) in [6.07, 6.45) is 0.591. The van der Waals surface area contributed by atoms with Gasteiger partial charge in [0.2, 0.25) is 5.62 Å². The van der Waals surface area contributed by atoms with Gasteiger partial charge in [-0.3, -0.25) is 10.2 Å². The van der Waals surface area contributed by atoms with Gasteiger partial charge in [-0.15, -0.1) is 5.10 Å². The van der Waals surface area contributed by atoms with E-state index >= 15 is 0 Å². The van der Waals surface area contributed by atoms with Crippen LogP contribution in [0.1, 0.15) is 23.0 Å². The minimum atomic E-state index is -10.0. The van der Waals surface area contributed by atoms with Crippen LogP contribution >= 0.6 is 10.2 Å². The molecule has 0 spiro atoms. The number of methoxy groups -OCH3 is 1. The van der Waals surface area contributed by atoms with E-state index < -0.39 is 38.8 Å². The molecule has 0 saturated heterocycles. The maximum atomic E-state index is 13.2. The molecule has 29 heavy (non-hydrogen) atoms. The Morgan fingerprint density at radius 2 is 1.83 bits per heavy atom. The highest BCUT2D eigenvalue weighted by molar-refractivity contribution is 8.45. The quantitative estimate of drug-likeness (QED) is 0.464. The largest absolute Gasteiger partial charge is 0.497 e. The average Bonchev–Trinajstić information content (AvgIpc) is 2.94. The van der Waals surface area contributed by atoms with Crippen molar-refractivity contribution >= 4 is 21.7 Å². The molecule has 0 amide bonds. The molecule has 13 heteroatoms. The summed E-state index contributed by atoms with van der Waals surface area (Å²) in [6, 6.07) is 4.39. The Bertz CT molecular complexity index is 1190. The smallest absolute Gasteiger partial charge is 0.310 e. The summed E-state index contributed by atoms with van der Waals surface area (Å²) in [5.41, 5.74) is -0.0215. The molecule has 0 radical (unpaired) electrons.